The lowest BCUT2D eigenvalue weighted by Gasteiger charge is -2.35. The molecular weight excluding hydrogens is 328 g/mol. The first-order chi connectivity index (χ1) is 12.5. The van der Waals surface area contributed by atoms with E-state index in [0.717, 1.165) is 24.0 Å². The maximum absolute atomic E-state index is 12.8. The number of rotatable bonds is 5. The van der Waals surface area contributed by atoms with Crippen LogP contribution in [0.1, 0.15) is 37.8 Å². The van der Waals surface area contributed by atoms with Gasteiger partial charge in [0.2, 0.25) is 11.8 Å². The van der Waals surface area contributed by atoms with Gasteiger partial charge in [-0.3, -0.25) is 9.59 Å². The van der Waals surface area contributed by atoms with Gasteiger partial charge >= 0.3 is 0 Å². The Kier molecular flexibility index (Phi) is 5.77. The Labute approximate surface area is 155 Å². The number of allylic oxidation sites excluding steroid dienone is 1. The summed E-state index contributed by atoms with van der Waals surface area (Å²) in [5, 5.41) is 9.12. The fraction of sp³-hybridized carbons (Fsp3) is 0.524. The first-order valence-corrected chi connectivity index (χ1v) is 9.38. The maximum atomic E-state index is 12.8. The third kappa shape index (κ3) is 4.15. The second kappa shape index (κ2) is 8.04. The smallest absolute Gasteiger partial charge is 0.228 e. The number of amides is 2. The van der Waals surface area contributed by atoms with Gasteiger partial charge in [-0.15, -0.1) is 0 Å². The Morgan fingerprint density at radius 1 is 1.15 bits per heavy atom. The summed E-state index contributed by atoms with van der Waals surface area (Å²) < 4.78 is 0. The lowest BCUT2D eigenvalue weighted by Crippen LogP contribution is -2.48. The molecule has 0 unspecified atom stereocenters. The molecule has 26 heavy (non-hydrogen) atoms. The van der Waals surface area contributed by atoms with Crippen molar-refractivity contribution in [2.45, 2.75) is 45.8 Å². The van der Waals surface area contributed by atoms with Crippen molar-refractivity contribution in [3.63, 3.8) is 0 Å². The van der Waals surface area contributed by atoms with Crippen molar-refractivity contribution in [3.05, 3.63) is 47.0 Å². The lowest BCUT2D eigenvalue weighted by atomic mass is 9.94. The highest BCUT2D eigenvalue weighted by Crippen LogP contribution is 2.29. The van der Waals surface area contributed by atoms with Crippen molar-refractivity contribution < 1.29 is 14.7 Å². The number of hydrogen-bond donors (Lipinski definition) is 1. The van der Waals surface area contributed by atoms with Crippen LogP contribution in [0.5, 0.6) is 0 Å². The van der Waals surface area contributed by atoms with E-state index in [0.29, 0.717) is 26.1 Å². The molecule has 3 saturated heterocycles. The predicted octanol–water partition coefficient (Wildman–Crippen LogP) is 2.14. The van der Waals surface area contributed by atoms with E-state index in [9.17, 15) is 9.59 Å². The maximum Gasteiger partial charge on any atom is 0.228 e. The first-order valence-electron chi connectivity index (χ1n) is 9.38. The van der Waals surface area contributed by atoms with E-state index in [1.807, 2.05) is 47.9 Å². The zero-order valence-electron chi connectivity index (χ0n) is 15.6. The van der Waals surface area contributed by atoms with E-state index < -0.39 is 0 Å². The third-order valence-corrected chi connectivity index (χ3v) is 5.40. The van der Waals surface area contributed by atoms with Crippen LogP contribution < -0.4 is 0 Å². The second-order valence-corrected chi connectivity index (χ2v) is 7.65. The number of carbonyl (C=O) groups excluding carboxylic acids is 2. The van der Waals surface area contributed by atoms with Crippen molar-refractivity contribution in [2.75, 3.05) is 19.6 Å². The van der Waals surface area contributed by atoms with Crippen LogP contribution >= 0.6 is 0 Å². The highest BCUT2D eigenvalue weighted by atomic mass is 16.3. The Bertz CT molecular complexity index is 692. The van der Waals surface area contributed by atoms with E-state index in [2.05, 4.69) is 6.08 Å². The molecule has 5 heteroatoms. The average Bonchev–Trinajstić information content (AvgIpc) is 2.92. The summed E-state index contributed by atoms with van der Waals surface area (Å²) in [5.41, 5.74) is 2.99. The molecule has 4 rings (SSSR count). The topological polar surface area (TPSA) is 60.9 Å². The first kappa shape index (κ1) is 18.6. The normalized spacial score (nSPS) is 22.3. The van der Waals surface area contributed by atoms with Crippen LogP contribution in [0.15, 0.2) is 35.9 Å². The van der Waals surface area contributed by atoms with E-state index in [1.54, 1.807) is 0 Å². The molecule has 2 bridgehead atoms. The van der Waals surface area contributed by atoms with Gasteiger partial charge in [-0.05, 0) is 37.8 Å². The van der Waals surface area contributed by atoms with Crippen LogP contribution in [-0.2, 0) is 22.6 Å². The quantitative estimate of drug-likeness (QED) is 0.822. The zero-order valence-corrected chi connectivity index (χ0v) is 15.6. The van der Waals surface area contributed by atoms with Crippen LogP contribution in [0.3, 0.4) is 0 Å². The molecule has 3 aliphatic rings. The minimum absolute atomic E-state index is 0.00728. The highest BCUT2D eigenvalue weighted by molar-refractivity contribution is 5.84. The molecule has 0 aromatic heterocycles. The van der Waals surface area contributed by atoms with Crippen molar-refractivity contribution in [2.24, 2.45) is 5.92 Å². The molecule has 2 atom stereocenters. The summed E-state index contributed by atoms with van der Waals surface area (Å²) in [5.74, 6) is 0.205. The summed E-state index contributed by atoms with van der Waals surface area (Å²) >= 11 is 0. The van der Waals surface area contributed by atoms with Gasteiger partial charge in [-0.2, -0.15) is 0 Å². The van der Waals surface area contributed by atoms with Crippen molar-refractivity contribution >= 4 is 11.8 Å². The minimum Gasteiger partial charge on any atom is -0.392 e. The van der Waals surface area contributed by atoms with E-state index in [-0.39, 0.29) is 30.4 Å². The summed E-state index contributed by atoms with van der Waals surface area (Å²) in [6, 6.07) is 7.60. The lowest BCUT2D eigenvalue weighted by molar-refractivity contribution is -0.139. The summed E-state index contributed by atoms with van der Waals surface area (Å²) in [6.07, 6.45) is 4.28. The third-order valence-electron chi connectivity index (χ3n) is 5.40. The van der Waals surface area contributed by atoms with Gasteiger partial charge in [0.1, 0.15) is 0 Å². The molecule has 0 aliphatic carbocycles. The molecule has 3 heterocycles. The molecule has 3 aliphatic heterocycles. The van der Waals surface area contributed by atoms with E-state index in [4.69, 9.17) is 5.11 Å². The van der Waals surface area contributed by atoms with Gasteiger partial charge in [0, 0.05) is 25.7 Å². The molecule has 3 fully saturated rings. The van der Waals surface area contributed by atoms with Crippen molar-refractivity contribution in [1.29, 1.82) is 0 Å². The van der Waals surface area contributed by atoms with Gasteiger partial charge in [-0.1, -0.05) is 35.9 Å². The SMILES string of the molecule is CC(C)=CCN1C(=O)[C@H]2CC[C@@H]1CN(C(=O)Cc1ccc(CO)cc1)C2. The Hall–Kier alpha value is -2.14. The molecule has 1 N–H and O–H groups in total. The zero-order chi connectivity index (χ0) is 18.7. The van der Waals surface area contributed by atoms with Crippen LogP contribution in [0.25, 0.3) is 0 Å². The molecule has 140 valence electrons. The molecule has 1 aromatic carbocycles. The molecule has 5 nitrogen and oxygen atoms in total. The van der Waals surface area contributed by atoms with Gasteiger partial charge in [-0.25, -0.2) is 0 Å². The summed E-state index contributed by atoms with van der Waals surface area (Å²) in [6.45, 7) is 5.90. The van der Waals surface area contributed by atoms with Crippen LogP contribution in [0.4, 0.5) is 0 Å². The molecule has 0 saturated carbocycles. The summed E-state index contributed by atoms with van der Waals surface area (Å²) in [4.78, 5) is 29.4. The average molecular weight is 356 g/mol. The van der Waals surface area contributed by atoms with Gasteiger partial charge in [0.05, 0.1) is 18.9 Å². The number of fused-ring (bicyclic) bond motifs is 4. The molecule has 2 amide bonds. The van der Waals surface area contributed by atoms with Gasteiger partial charge in [0.15, 0.2) is 0 Å². The number of benzene rings is 1. The van der Waals surface area contributed by atoms with E-state index in [1.165, 1.54) is 5.57 Å². The monoisotopic (exact) mass is 356 g/mol. The predicted molar refractivity (Wildman–Crippen MR) is 100 cm³/mol. The minimum atomic E-state index is -0.0694. The van der Waals surface area contributed by atoms with Gasteiger partial charge < -0.3 is 14.9 Å². The van der Waals surface area contributed by atoms with Crippen molar-refractivity contribution in [1.82, 2.24) is 9.80 Å². The van der Waals surface area contributed by atoms with E-state index >= 15 is 0 Å². The number of nitrogens with zero attached hydrogens (tertiary/aromatic N) is 2. The van der Waals surface area contributed by atoms with Gasteiger partial charge in [0.25, 0.3) is 0 Å². The van der Waals surface area contributed by atoms with Crippen LogP contribution in [0.2, 0.25) is 0 Å². The fourth-order valence-corrected chi connectivity index (χ4v) is 3.81. The van der Waals surface area contributed by atoms with Crippen LogP contribution in [-0.4, -0.2) is 52.4 Å². The Morgan fingerprint density at radius 3 is 2.50 bits per heavy atom. The standard InChI is InChI=1S/C21H28N2O3/c1-15(2)9-10-23-19-8-7-18(21(23)26)12-22(13-19)20(25)11-16-3-5-17(14-24)6-4-16/h3-6,9,18-19,24H,7-8,10-14H2,1-2H3/t18-,19+/m0/s1. The number of carbonyl (C=O) groups is 2. The molecule has 0 radical (unpaired) electrons. The summed E-state index contributed by atoms with van der Waals surface area (Å²) in [7, 11) is 0. The second-order valence-electron chi connectivity index (χ2n) is 7.65. The number of hydrogen-bond acceptors (Lipinski definition) is 3. The fourth-order valence-electron chi connectivity index (χ4n) is 3.81. The molecular formula is C21H28N2O3. The van der Waals surface area contributed by atoms with Crippen LogP contribution in [0, 0.1) is 5.92 Å². The number of piperidine rings is 1. The Balaban J connectivity index is 1.68. The molecule has 0 spiro atoms. The molecule has 1 aromatic rings. The largest absolute Gasteiger partial charge is 0.392 e. The number of aliphatic hydroxyl groups is 1. The van der Waals surface area contributed by atoms with Crippen molar-refractivity contribution in [3.8, 4) is 0 Å². The Morgan fingerprint density at radius 2 is 1.85 bits per heavy atom. The highest BCUT2D eigenvalue weighted by Gasteiger charge is 2.41. The number of aliphatic hydroxyl groups excluding tert-OH is 1.